The summed E-state index contributed by atoms with van der Waals surface area (Å²) in [7, 11) is 3.80. The highest BCUT2D eigenvalue weighted by atomic mass is 16.5. The fraction of sp³-hybridized carbons (Fsp3) is 0.812. The van der Waals surface area contributed by atoms with E-state index in [0.29, 0.717) is 37.3 Å². The molecule has 3 unspecified atom stereocenters. The predicted molar refractivity (Wildman–Crippen MR) is 87.6 cm³/mol. The van der Waals surface area contributed by atoms with Crippen molar-refractivity contribution < 1.29 is 24.5 Å². The van der Waals surface area contributed by atoms with Crippen LogP contribution < -0.4 is 0 Å². The van der Waals surface area contributed by atoms with E-state index in [2.05, 4.69) is 12.3 Å². The minimum atomic E-state index is -0.589. The first-order chi connectivity index (χ1) is 10.5. The van der Waals surface area contributed by atoms with Gasteiger partial charge in [0.2, 0.25) is 0 Å². The Labute approximate surface area is 134 Å². The smallest absolute Gasteiger partial charge is 0.122 e. The van der Waals surface area contributed by atoms with Crippen LogP contribution in [0.15, 0.2) is 18.4 Å². The van der Waals surface area contributed by atoms with Crippen LogP contribution in [-0.4, -0.2) is 104 Å². The maximum absolute atomic E-state index is 10.6. The molecular weight excluding hydrogens is 284 g/mol. The van der Waals surface area contributed by atoms with Crippen molar-refractivity contribution in [1.29, 1.82) is 0 Å². The molecule has 6 nitrogen and oxygen atoms in total. The van der Waals surface area contributed by atoms with Gasteiger partial charge in [-0.15, -0.1) is 5.73 Å². The summed E-state index contributed by atoms with van der Waals surface area (Å²) in [6, 6.07) is -0.168. The monoisotopic (exact) mass is 317 g/mol. The highest BCUT2D eigenvalue weighted by Gasteiger charge is 2.32. The lowest BCUT2D eigenvalue weighted by atomic mass is 10.1. The van der Waals surface area contributed by atoms with Crippen molar-refractivity contribution in [3.8, 4) is 0 Å². The number of nitrogens with zero attached hydrogens (tertiary/aromatic N) is 2. The van der Waals surface area contributed by atoms with Crippen LogP contribution in [0, 0.1) is 0 Å². The van der Waals surface area contributed by atoms with Gasteiger partial charge in [-0.25, -0.2) is 0 Å². The summed E-state index contributed by atoms with van der Waals surface area (Å²) in [5.41, 5.74) is 2.74. The molecule has 130 valence electrons. The second-order valence-corrected chi connectivity index (χ2v) is 5.74. The van der Waals surface area contributed by atoms with Gasteiger partial charge >= 0.3 is 0 Å². The van der Waals surface area contributed by atoms with Crippen molar-refractivity contribution >= 4 is 0 Å². The van der Waals surface area contributed by atoms with Gasteiger partial charge in [0, 0.05) is 0 Å². The molecule has 0 rings (SSSR count). The van der Waals surface area contributed by atoms with Gasteiger partial charge in [0.25, 0.3) is 0 Å². The molecule has 0 aliphatic rings. The second-order valence-electron chi connectivity index (χ2n) is 5.74. The van der Waals surface area contributed by atoms with Gasteiger partial charge in [-0.2, -0.15) is 0 Å². The Morgan fingerprint density at radius 3 is 2.36 bits per heavy atom. The van der Waals surface area contributed by atoms with Crippen LogP contribution in [0.3, 0.4) is 0 Å². The fourth-order valence-corrected chi connectivity index (χ4v) is 2.61. The van der Waals surface area contributed by atoms with E-state index < -0.39 is 6.10 Å². The average Bonchev–Trinajstić information content (AvgIpc) is 2.48. The number of aliphatic hydroxyl groups excluding tert-OH is 3. The minimum Gasteiger partial charge on any atom is -0.394 e. The molecule has 0 aromatic carbocycles. The Balaban J connectivity index is 4.89. The van der Waals surface area contributed by atoms with Crippen molar-refractivity contribution in [1.82, 2.24) is 4.90 Å². The summed E-state index contributed by atoms with van der Waals surface area (Å²) in [5, 5.41) is 28.7. The van der Waals surface area contributed by atoms with Gasteiger partial charge in [0.15, 0.2) is 0 Å². The lowest BCUT2D eigenvalue weighted by Crippen LogP contribution is -2.58. The average molecular weight is 317 g/mol. The number of quaternary nitrogens is 1. The summed E-state index contributed by atoms with van der Waals surface area (Å²) in [6.45, 7) is 9.04. The van der Waals surface area contributed by atoms with Crippen LogP contribution in [0.2, 0.25) is 0 Å². The molecule has 0 aromatic rings. The van der Waals surface area contributed by atoms with Crippen LogP contribution in [0.5, 0.6) is 0 Å². The van der Waals surface area contributed by atoms with E-state index >= 15 is 0 Å². The van der Waals surface area contributed by atoms with Gasteiger partial charge < -0.3 is 24.5 Å². The third kappa shape index (κ3) is 7.51. The zero-order valence-corrected chi connectivity index (χ0v) is 14.2. The highest BCUT2D eigenvalue weighted by molar-refractivity contribution is 4.94. The number of hydrogen-bond donors (Lipinski definition) is 3. The lowest BCUT2D eigenvalue weighted by Gasteiger charge is -2.40. The third-order valence-corrected chi connectivity index (χ3v) is 4.04. The van der Waals surface area contributed by atoms with E-state index in [-0.39, 0.29) is 19.3 Å². The van der Waals surface area contributed by atoms with Crippen LogP contribution in [0.1, 0.15) is 6.92 Å². The summed E-state index contributed by atoms with van der Waals surface area (Å²) >= 11 is 0. The first kappa shape index (κ1) is 21.3. The molecular formula is C16H33N2O4+. The molecule has 3 N–H and O–H groups in total. The van der Waals surface area contributed by atoms with Crippen molar-refractivity contribution in [3.05, 3.63) is 18.4 Å². The van der Waals surface area contributed by atoms with Gasteiger partial charge in [-0.1, -0.05) is 6.58 Å². The molecule has 0 amide bonds. The predicted octanol–water partition coefficient (Wildman–Crippen LogP) is -0.543. The third-order valence-electron chi connectivity index (χ3n) is 4.04. The largest absolute Gasteiger partial charge is 0.394 e. The van der Waals surface area contributed by atoms with Crippen molar-refractivity contribution in [3.63, 3.8) is 0 Å². The summed E-state index contributed by atoms with van der Waals surface area (Å²) in [5.74, 6) is 0. The highest BCUT2D eigenvalue weighted by Crippen LogP contribution is 2.13. The lowest BCUT2D eigenvalue weighted by molar-refractivity contribution is -0.930. The quantitative estimate of drug-likeness (QED) is 0.242. The molecule has 0 heterocycles. The fourth-order valence-electron chi connectivity index (χ4n) is 2.61. The van der Waals surface area contributed by atoms with Gasteiger partial charge in [-0.3, -0.25) is 4.90 Å². The molecule has 3 atom stereocenters. The normalized spacial score (nSPS) is 16.9. The van der Waals surface area contributed by atoms with E-state index in [1.54, 1.807) is 6.08 Å². The maximum Gasteiger partial charge on any atom is 0.122 e. The van der Waals surface area contributed by atoms with Crippen molar-refractivity contribution in [2.75, 3.05) is 66.7 Å². The number of hydrogen-bond acceptors (Lipinski definition) is 5. The minimum absolute atomic E-state index is 0.00157. The number of aliphatic hydroxyl groups is 3. The maximum atomic E-state index is 10.6. The van der Waals surface area contributed by atoms with E-state index in [4.69, 9.17) is 9.84 Å². The van der Waals surface area contributed by atoms with Crippen LogP contribution in [0.25, 0.3) is 0 Å². The number of ether oxygens (including phenoxy) is 1. The Kier molecular flexibility index (Phi) is 11.4. The first-order valence-electron chi connectivity index (χ1n) is 7.81. The molecule has 0 spiro atoms. The SMILES string of the molecule is C=C=CC(C(O)C[N+](CC)(CCO)CCOCCO)N(C)C. The Bertz CT molecular complexity index is 332. The molecule has 0 aromatic heterocycles. The Morgan fingerprint density at radius 2 is 1.91 bits per heavy atom. The zero-order valence-electron chi connectivity index (χ0n) is 14.2. The van der Waals surface area contributed by atoms with Gasteiger partial charge in [0.05, 0.1) is 39.0 Å². The van der Waals surface area contributed by atoms with E-state index in [1.165, 1.54) is 0 Å². The van der Waals surface area contributed by atoms with Gasteiger partial charge in [-0.05, 0) is 27.1 Å². The number of rotatable bonds is 13. The van der Waals surface area contributed by atoms with E-state index in [9.17, 15) is 10.2 Å². The van der Waals surface area contributed by atoms with Crippen LogP contribution >= 0.6 is 0 Å². The van der Waals surface area contributed by atoms with E-state index in [0.717, 1.165) is 6.54 Å². The standard InChI is InChI=1S/C16H33N2O4/c1-5-7-15(17(3)4)16(21)14-18(6-2,8-10-19)9-12-22-13-11-20/h7,15-16,19-21H,1,6,8-14H2,2-4H3/q+1. The summed E-state index contributed by atoms with van der Waals surface area (Å²) in [4.78, 5) is 1.92. The molecule has 6 heteroatoms. The van der Waals surface area contributed by atoms with Crippen molar-refractivity contribution in [2.24, 2.45) is 0 Å². The molecule has 0 fully saturated rings. The Hall–Kier alpha value is -0.720. The molecule has 0 saturated heterocycles. The molecule has 0 aliphatic carbocycles. The second kappa shape index (κ2) is 11.8. The molecule has 0 saturated carbocycles. The van der Waals surface area contributed by atoms with Crippen LogP contribution in [0.4, 0.5) is 0 Å². The first-order valence-corrected chi connectivity index (χ1v) is 7.81. The molecule has 0 bridgehead atoms. The van der Waals surface area contributed by atoms with Crippen LogP contribution in [-0.2, 0) is 4.74 Å². The van der Waals surface area contributed by atoms with E-state index in [1.807, 2.05) is 25.9 Å². The Morgan fingerprint density at radius 1 is 1.23 bits per heavy atom. The summed E-state index contributed by atoms with van der Waals surface area (Å²) < 4.78 is 5.92. The zero-order chi connectivity index (χ0) is 17.0. The molecule has 0 aliphatic heterocycles. The van der Waals surface area contributed by atoms with Crippen molar-refractivity contribution in [2.45, 2.75) is 19.1 Å². The van der Waals surface area contributed by atoms with Gasteiger partial charge in [0.1, 0.15) is 25.7 Å². The summed E-state index contributed by atoms with van der Waals surface area (Å²) in [6.07, 6.45) is 1.17. The number of likely N-dealkylation sites (N-methyl/N-ethyl adjacent to an activating group) is 2. The topological polar surface area (TPSA) is 73.2 Å². The molecule has 22 heavy (non-hydrogen) atoms. The molecule has 0 radical (unpaired) electrons.